The van der Waals surface area contributed by atoms with Crippen molar-refractivity contribution < 1.29 is 0 Å². The van der Waals surface area contributed by atoms with Gasteiger partial charge in [0, 0.05) is 10.9 Å². The first-order valence-electron chi connectivity index (χ1n) is 5.10. The van der Waals surface area contributed by atoms with Crippen LogP contribution in [0.3, 0.4) is 0 Å². The summed E-state index contributed by atoms with van der Waals surface area (Å²) in [6, 6.07) is 8.63. The Morgan fingerprint density at radius 3 is 2.88 bits per heavy atom. The molecular formula is C11H14N4S. The quantitative estimate of drug-likeness (QED) is 0.852. The van der Waals surface area contributed by atoms with Crippen LogP contribution in [-0.2, 0) is 0 Å². The van der Waals surface area contributed by atoms with Crippen LogP contribution in [0.5, 0.6) is 0 Å². The second kappa shape index (κ2) is 5.14. The van der Waals surface area contributed by atoms with Crippen molar-refractivity contribution in [3.8, 4) is 0 Å². The van der Waals surface area contributed by atoms with E-state index < -0.39 is 0 Å². The third-order valence-corrected chi connectivity index (χ3v) is 3.40. The van der Waals surface area contributed by atoms with Crippen LogP contribution in [0.4, 0.5) is 0 Å². The van der Waals surface area contributed by atoms with E-state index in [2.05, 4.69) is 39.6 Å². The first-order valence-corrected chi connectivity index (χ1v) is 5.92. The van der Waals surface area contributed by atoms with Crippen LogP contribution >= 0.6 is 11.8 Å². The van der Waals surface area contributed by atoms with E-state index in [-0.39, 0.29) is 0 Å². The standard InChI is InChI=1S/C11H14N4S/c1-8(12-2)9-5-3-4-6-10(9)16-11-13-7-14-15-11/h3-8,12H,1-2H3,(H,13,14,15). The van der Waals surface area contributed by atoms with E-state index in [1.165, 1.54) is 16.8 Å². The third kappa shape index (κ3) is 2.43. The smallest absolute Gasteiger partial charge is 0.188 e. The fourth-order valence-corrected chi connectivity index (χ4v) is 2.35. The van der Waals surface area contributed by atoms with Gasteiger partial charge >= 0.3 is 0 Å². The molecule has 0 amide bonds. The maximum atomic E-state index is 4.11. The second-order valence-corrected chi connectivity index (χ2v) is 4.47. The van der Waals surface area contributed by atoms with Crippen molar-refractivity contribution in [2.24, 2.45) is 0 Å². The molecule has 0 aliphatic rings. The van der Waals surface area contributed by atoms with Crippen LogP contribution in [0.15, 0.2) is 40.6 Å². The highest BCUT2D eigenvalue weighted by molar-refractivity contribution is 7.99. The Bertz CT molecular complexity index is 441. The number of H-pyrrole nitrogens is 1. The van der Waals surface area contributed by atoms with E-state index in [9.17, 15) is 0 Å². The van der Waals surface area contributed by atoms with Crippen molar-refractivity contribution in [1.82, 2.24) is 20.5 Å². The van der Waals surface area contributed by atoms with Gasteiger partial charge in [0.25, 0.3) is 0 Å². The number of hydrogen-bond donors (Lipinski definition) is 2. The SMILES string of the molecule is CNC(C)c1ccccc1Sc1ncn[nH]1. The molecule has 5 heteroatoms. The predicted molar refractivity (Wildman–Crippen MR) is 64.4 cm³/mol. The van der Waals surface area contributed by atoms with Crippen LogP contribution in [0.1, 0.15) is 18.5 Å². The van der Waals surface area contributed by atoms with Crippen LogP contribution in [0.2, 0.25) is 0 Å². The average molecular weight is 234 g/mol. The van der Waals surface area contributed by atoms with Crippen LogP contribution < -0.4 is 5.32 Å². The molecule has 0 saturated heterocycles. The Balaban J connectivity index is 2.26. The molecule has 2 aromatic rings. The minimum atomic E-state index is 0.326. The molecule has 2 N–H and O–H groups in total. The van der Waals surface area contributed by atoms with Crippen molar-refractivity contribution in [3.63, 3.8) is 0 Å². The summed E-state index contributed by atoms with van der Waals surface area (Å²) in [7, 11) is 1.96. The molecule has 2 rings (SSSR count). The van der Waals surface area contributed by atoms with E-state index >= 15 is 0 Å². The third-order valence-electron chi connectivity index (χ3n) is 2.42. The molecule has 4 nitrogen and oxygen atoms in total. The van der Waals surface area contributed by atoms with Gasteiger partial charge in [-0.3, -0.25) is 5.10 Å². The van der Waals surface area contributed by atoms with Gasteiger partial charge in [0.2, 0.25) is 0 Å². The Hall–Kier alpha value is -1.33. The molecule has 1 aromatic carbocycles. The zero-order valence-corrected chi connectivity index (χ0v) is 10.1. The first kappa shape index (κ1) is 11.2. The highest BCUT2D eigenvalue weighted by atomic mass is 32.2. The lowest BCUT2D eigenvalue weighted by Crippen LogP contribution is -2.13. The zero-order chi connectivity index (χ0) is 11.4. The summed E-state index contributed by atoms with van der Waals surface area (Å²) in [4.78, 5) is 5.31. The normalized spacial score (nSPS) is 12.6. The monoisotopic (exact) mass is 234 g/mol. The lowest BCUT2D eigenvalue weighted by molar-refractivity contribution is 0.641. The van der Waals surface area contributed by atoms with E-state index in [4.69, 9.17) is 0 Å². The average Bonchev–Trinajstić information content (AvgIpc) is 2.82. The summed E-state index contributed by atoms with van der Waals surface area (Å²) in [5.74, 6) is 0. The van der Waals surface area contributed by atoms with Crippen LogP contribution in [-0.4, -0.2) is 22.2 Å². The lowest BCUT2D eigenvalue weighted by atomic mass is 10.1. The molecule has 1 aromatic heterocycles. The summed E-state index contributed by atoms with van der Waals surface area (Å²) in [5, 5.41) is 10.7. The van der Waals surface area contributed by atoms with Gasteiger partial charge in [-0.25, -0.2) is 4.98 Å². The second-order valence-electron chi connectivity index (χ2n) is 3.44. The molecule has 1 unspecified atom stereocenters. The van der Waals surface area contributed by atoms with Crippen molar-refractivity contribution in [1.29, 1.82) is 0 Å². The lowest BCUT2D eigenvalue weighted by Gasteiger charge is -2.14. The number of nitrogens with zero attached hydrogens (tertiary/aromatic N) is 2. The predicted octanol–water partition coefficient (Wildman–Crippen LogP) is 2.24. The van der Waals surface area contributed by atoms with Crippen LogP contribution in [0, 0.1) is 0 Å². The molecule has 0 radical (unpaired) electrons. The molecule has 0 fully saturated rings. The van der Waals surface area contributed by atoms with E-state index in [0.29, 0.717) is 6.04 Å². The summed E-state index contributed by atoms with van der Waals surface area (Å²) < 4.78 is 0. The molecule has 0 bridgehead atoms. The first-order chi connectivity index (χ1) is 7.81. The minimum Gasteiger partial charge on any atom is -0.313 e. The summed E-state index contributed by atoms with van der Waals surface area (Å²) in [5.41, 5.74) is 1.27. The maximum Gasteiger partial charge on any atom is 0.188 e. The Morgan fingerprint density at radius 1 is 1.38 bits per heavy atom. The number of aromatic nitrogens is 3. The fourth-order valence-electron chi connectivity index (χ4n) is 1.43. The maximum absolute atomic E-state index is 4.11. The van der Waals surface area contributed by atoms with Crippen molar-refractivity contribution in [3.05, 3.63) is 36.2 Å². The van der Waals surface area contributed by atoms with E-state index in [1.54, 1.807) is 11.8 Å². The van der Waals surface area contributed by atoms with Crippen molar-refractivity contribution in [2.45, 2.75) is 23.0 Å². The number of hydrogen-bond acceptors (Lipinski definition) is 4. The van der Waals surface area contributed by atoms with Gasteiger partial charge in [-0.2, -0.15) is 5.10 Å². The van der Waals surface area contributed by atoms with Gasteiger partial charge in [0.1, 0.15) is 6.33 Å². The summed E-state index contributed by atoms with van der Waals surface area (Å²) in [6.07, 6.45) is 1.52. The molecule has 1 heterocycles. The molecule has 16 heavy (non-hydrogen) atoms. The van der Waals surface area contributed by atoms with Gasteiger partial charge in [0.15, 0.2) is 5.16 Å². The number of aromatic amines is 1. The molecular weight excluding hydrogens is 220 g/mol. The van der Waals surface area contributed by atoms with Gasteiger partial charge in [-0.05, 0) is 25.6 Å². The topological polar surface area (TPSA) is 53.6 Å². The Kier molecular flexibility index (Phi) is 3.58. The molecule has 0 aliphatic heterocycles. The Morgan fingerprint density at radius 2 is 2.19 bits per heavy atom. The molecule has 1 atom stereocenters. The van der Waals surface area contributed by atoms with E-state index in [0.717, 1.165) is 5.16 Å². The fraction of sp³-hybridized carbons (Fsp3) is 0.273. The molecule has 84 valence electrons. The summed E-state index contributed by atoms with van der Waals surface area (Å²) in [6.45, 7) is 2.14. The van der Waals surface area contributed by atoms with Crippen molar-refractivity contribution >= 4 is 11.8 Å². The largest absolute Gasteiger partial charge is 0.313 e. The number of benzene rings is 1. The molecule has 0 aliphatic carbocycles. The minimum absolute atomic E-state index is 0.326. The zero-order valence-electron chi connectivity index (χ0n) is 9.27. The Labute approximate surface area is 98.9 Å². The van der Waals surface area contributed by atoms with Gasteiger partial charge in [0.05, 0.1) is 0 Å². The van der Waals surface area contributed by atoms with E-state index in [1.807, 2.05) is 19.2 Å². The van der Waals surface area contributed by atoms with Crippen LogP contribution in [0.25, 0.3) is 0 Å². The van der Waals surface area contributed by atoms with Gasteiger partial charge in [-0.1, -0.05) is 30.0 Å². The number of nitrogens with one attached hydrogen (secondary N) is 2. The highest BCUT2D eigenvalue weighted by Gasteiger charge is 2.10. The molecule has 0 saturated carbocycles. The number of rotatable bonds is 4. The van der Waals surface area contributed by atoms with Gasteiger partial charge < -0.3 is 5.32 Å². The molecule has 0 spiro atoms. The van der Waals surface area contributed by atoms with Crippen molar-refractivity contribution in [2.75, 3.05) is 7.05 Å². The van der Waals surface area contributed by atoms with Gasteiger partial charge in [-0.15, -0.1) is 0 Å². The summed E-state index contributed by atoms with van der Waals surface area (Å²) >= 11 is 1.60. The highest BCUT2D eigenvalue weighted by Crippen LogP contribution is 2.30.